The van der Waals surface area contributed by atoms with Gasteiger partial charge in [-0.15, -0.1) is 0 Å². The molecule has 17 rings (SSSR count). The summed E-state index contributed by atoms with van der Waals surface area (Å²) >= 11 is 0. The molecule has 0 unspecified atom stereocenters. The largest absolute Gasteiger partial charge is 0.354 e. The lowest BCUT2D eigenvalue weighted by Gasteiger charge is -2.34. The highest BCUT2D eigenvalue weighted by Crippen LogP contribution is 2.58. The Morgan fingerprint density at radius 2 is 0.774 bits per heavy atom. The number of nitro groups is 1. The molecule has 12 aromatic carbocycles. The van der Waals surface area contributed by atoms with Gasteiger partial charge >= 0.3 is 0 Å². The molecule has 6 heteroatoms. The first-order valence-electron chi connectivity index (χ1n) is 28.6. The third kappa shape index (κ3) is 7.30. The van der Waals surface area contributed by atoms with E-state index in [2.05, 4.69) is 287 Å². The van der Waals surface area contributed by atoms with Crippen LogP contribution in [0.15, 0.2) is 310 Å². The van der Waals surface area contributed by atoms with Crippen LogP contribution in [0.2, 0.25) is 0 Å². The lowest BCUT2D eigenvalue weighted by atomic mass is 9.67. The predicted octanol–water partition coefficient (Wildman–Crippen LogP) is 19.2. The van der Waals surface area contributed by atoms with Crippen molar-refractivity contribution in [2.75, 3.05) is 0 Å². The molecule has 0 spiro atoms. The Hall–Kier alpha value is -11.1. The number of nitrogens with zero attached hydrogens (tertiary/aromatic N) is 3. The summed E-state index contributed by atoms with van der Waals surface area (Å²) in [7, 11) is 0. The summed E-state index contributed by atoms with van der Waals surface area (Å²) in [6.07, 6.45) is 4.30. The molecule has 0 saturated carbocycles. The third-order valence-electron chi connectivity index (χ3n) is 17.9. The van der Waals surface area contributed by atoms with Crippen LogP contribution in [0.25, 0.3) is 88.4 Å². The minimum atomic E-state index is -0.465. The number of fused-ring (bicyclic) bond motifs is 11. The topological polar surface area (TPSA) is 68.8 Å². The van der Waals surface area contributed by atoms with E-state index >= 15 is 0 Å². The molecule has 0 amide bonds. The highest BCUT2D eigenvalue weighted by Gasteiger charge is 2.47. The van der Waals surface area contributed by atoms with Gasteiger partial charge in [0.1, 0.15) is 0 Å². The molecule has 1 N–H and O–H groups in total. The molecule has 84 heavy (non-hydrogen) atoms. The molecular weight excluding hydrogens is 1020 g/mol. The molecule has 0 atom stereocenters. The molecule has 6 nitrogen and oxygen atoms in total. The van der Waals surface area contributed by atoms with Gasteiger partial charge in [-0.2, -0.15) is 0 Å². The zero-order chi connectivity index (χ0) is 55.9. The molecule has 0 saturated heterocycles. The van der Waals surface area contributed by atoms with E-state index in [-0.39, 0.29) is 10.6 Å². The van der Waals surface area contributed by atoms with Gasteiger partial charge in [0.25, 0.3) is 5.69 Å². The van der Waals surface area contributed by atoms with Gasteiger partial charge in [-0.05, 0) is 145 Å². The normalized spacial score (nSPS) is 13.3. The van der Waals surface area contributed by atoms with Crippen LogP contribution in [0.5, 0.6) is 0 Å². The zero-order valence-electron chi connectivity index (χ0n) is 45.6. The van der Waals surface area contributed by atoms with Crippen LogP contribution in [-0.4, -0.2) is 19.0 Å². The number of benzene rings is 12. The second kappa shape index (κ2) is 19.3. The van der Waals surface area contributed by atoms with Crippen molar-refractivity contribution < 1.29 is 4.92 Å². The van der Waals surface area contributed by atoms with Gasteiger partial charge in [-0.3, -0.25) is 10.1 Å². The second-order valence-corrected chi connectivity index (χ2v) is 22.1. The van der Waals surface area contributed by atoms with Gasteiger partial charge in [0.05, 0.1) is 32.4 Å². The number of H-pyrrole nitrogens is 1. The van der Waals surface area contributed by atoms with Crippen LogP contribution in [0.1, 0.15) is 44.5 Å². The first-order chi connectivity index (χ1) is 41.5. The minimum absolute atomic E-state index is 0.109. The van der Waals surface area contributed by atoms with Crippen LogP contribution in [0.4, 0.5) is 5.69 Å². The van der Waals surface area contributed by atoms with E-state index in [1.807, 2.05) is 18.2 Å². The van der Waals surface area contributed by atoms with Crippen LogP contribution < -0.4 is 0 Å². The summed E-state index contributed by atoms with van der Waals surface area (Å²) in [6.45, 7) is 0. The number of aromatic nitrogens is 3. The number of hydrogen-bond donors (Lipinski definition) is 1. The van der Waals surface area contributed by atoms with E-state index in [1.165, 1.54) is 99.6 Å². The van der Waals surface area contributed by atoms with Gasteiger partial charge in [0, 0.05) is 62.4 Å². The number of hydrogen-bond acceptors (Lipinski definition) is 2. The van der Waals surface area contributed by atoms with Gasteiger partial charge in [-0.1, -0.05) is 218 Å². The Bertz CT molecular complexity index is 4980. The van der Waals surface area contributed by atoms with Crippen molar-refractivity contribution in [1.82, 2.24) is 14.1 Å². The monoisotopic (exact) mass is 1080 g/mol. The van der Waals surface area contributed by atoms with Gasteiger partial charge in [0.2, 0.25) is 0 Å². The maximum atomic E-state index is 11.7. The first kappa shape index (κ1) is 48.8. The summed E-state index contributed by atoms with van der Waals surface area (Å²) < 4.78 is 4.55. The second-order valence-electron chi connectivity index (χ2n) is 22.1. The van der Waals surface area contributed by atoms with Crippen LogP contribution in [0.3, 0.4) is 0 Å². The minimum Gasteiger partial charge on any atom is -0.354 e. The van der Waals surface area contributed by atoms with Crippen molar-refractivity contribution in [3.63, 3.8) is 0 Å². The Kier molecular flexibility index (Phi) is 11.2. The number of para-hydroxylation sites is 2. The summed E-state index contributed by atoms with van der Waals surface area (Å²) in [5.41, 5.74) is 22.8. The third-order valence-corrected chi connectivity index (χ3v) is 17.9. The quantitative estimate of drug-likeness (QED) is 0.122. The maximum Gasteiger partial charge on any atom is 0.277 e. The highest BCUT2D eigenvalue weighted by atomic mass is 16.6. The van der Waals surface area contributed by atoms with Crippen molar-refractivity contribution in [2.45, 2.75) is 10.8 Å². The van der Waals surface area contributed by atoms with E-state index in [0.717, 1.165) is 27.7 Å². The van der Waals surface area contributed by atoms with Crippen LogP contribution in [-0.2, 0) is 10.8 Å². The van der Waals surface area contributed by atoms with Crippen molar-refractivity contribution in [1.29, 1.82) is 0 Å². The average Bonchev–Trinajstić information content (AvgIpc) is 2.11. The molecule has 3 heterocycles. The fraction of sp³-hybridized carbons (Fsp3) is 0.0256. The van der Waals surface area contributed by atoms with Crippen molar-refractivity contribution in [2.24, 2.45) is 0 Å². The van der Waals surface area contributed by atoms with E-state index in [1.54, 1.807) is 18.2 Å². The maximum absolute atomic E-state index is 11.7. The molecule has 3 aromatic heterocycles. The summed E-state index contributed by atoms with van der Waals surface area (Å²) in [5, 5.41) is 16.5. The zero-order valence-corrected chi connectivity index (χ0v) is 45.6. The Morgan fingerprint density at radius 3 is 1.31 bits per heavy atom. The lowest BCUT2D eigenvalue weighted by molar-refractivity contribution is -0.384. The number of nitro benzene ring substituents is 1. The summed E-state index contributed by atoms with van der Waals surface area (Å²) in [5.74, 6) is 0. The Balaban J connectivity index is 0.000000137. The molecular formula is C78H52N4O2. The SMILES string of the molecule is O=[N+]([O-])c1ccccc1-c1ccc2c(ccn2-c2ccc3c(c2)C(c2ccccc2)(c2ccccc2)c2ccccc2-3)c1.c1ccc(C2(c3ccccc3)c3ccccc3-c3ccc(-n4ccc5cc6c(cc54)[nH]c4ccccc46)cc32)cc1. The molecule has 15 aromatic rings. The number of rotatable bonds is 8. The first-order valence-corrected chi connectivity index (χ1v) is 28.6. The van der Waals surface area contributed by atoms with Crippen molar-refractivity contribution in [3.05, 3.63) is 364 Å². The van der Waals surface area contributed by atoms with Crippen LogP contribution >= 0.6 is 0 Å². The fourth-order valence-corrected chi connectivity index (χ4v) is 14.3. The van der Waals surface area contributed by atoms with Crippen LogP contribution in [0, 0.1) is 10.1 Å². The predicted molar refractivity (Wildman–Crippen MR) is 343 cm³/mol. The molecule has 0 bridgehead atoms. The van der Waals surface area contributed by atoms with Crippen molar-refractivity contribution >= 4 is 49.3 Å². The van der Waals surface area contributed by atoms with Gasteiger partial charge in [-0.25, -0.2) is 0 Å². The Morgan fingerprint density at radius 1 is 0.333 bits per heavy atom. The molecule has 0 aliphatic heterocycles. The van der Waals surface area contributed by atoms with Gasteiger partial charge in [0.15, 0.2) is 0 Å². The lowest BCUT2D eigenvalue weighted by Crippen LogP contribution is -2.28. The molecule has 396 valence electrons. The summed E-state index contributed by atoms with van der Waals surface area (Å²) in [4.78, 5) is 15.0. The standard InChI is InChI=1S/C39H26N2O2.C39H26N2/c42-41(43)38-18-10-8-15-32(38)27-19-22-37-28(25-27)23-24-40(37)31-20-21-34-33-16-7-9-17-35(33)39(36(34)26-31,29-11-3-1-4-12-29)30-13-5-2-6-14-30;1-3-11-27(12-4-1)39(28-13-5-2-6-14-28)34-17-9-7-15-30(34)31-20-19-29(24-35(31)39)41-22-21-26-23-33-32-16-8-10-18-36(32)40-37(33)25-38(26)41/h1-26H;1-25,40H. The average molecular weight is 1080 g/mol. The molecule has 0 radical (unpaired) electrons. The van der Waals surface area contributed by atoms with E-state index in [9.17, 15) is 10.1 Å². The van der Waals surface area contributed by atoms with Gasteiger partial charge < -0.3 is 14.1 Å². The van der Waals surface area contributed by atoms with E-state index in [0.29, 0.717) is 5.56 Å². The van der Waals surface area contributed by atoms with E-state index in [4.69, 9.17) is 0 Å². The number of aromatic amines is 1. The highest BCUT2D eigenvalue weighted by molar-refractivity contribution is 6.12. The molecule has 2 aliphatic carbocycles. The van der Waals surface area contributed by atoms with E-state index < -0.39 is 10.8 Å². The smallest absolute Gasteiger partial charge is 0.277 e. The molecule has 0 fully saturated rings. The van der Waals surface area contributed by atoms with Crippen molar-refractivity contribution in [3.8, 4) is 44.8 Å². The fourth-order valence-electron chi connectivity index (χ4n) is 14.3. The molecule has 2 aliphatic rings. The summed E-state index contributed by atoms with van der Waals surface area (Å²) in [6, 6.07) is 106. The Labute approximate surface area is 485 Å². The number of nitrogens with one attached hydrogen (secondary N) is 1.